The van der Waals surface area contributed by atoms with Crippen LogP contribution in [0.2, 0.25) is 0 Å². The fourth-order valence-electron chi connectivity index (χ4n) is 3.37. The number of nitrogens with two attached hydrogens (primary N) is 1. The van der Waals surface area contributed by atoms with Crippen molar-refractivity contribution in [3.63, 3.8) is 0 Å². The van der Waals surface area contributed by atoms with Crippen LogP contribution in [0.5, 0.6) is 0 Å². The molecule has 0 aliphatic carbocycles. The van der Waals surface area contributed by atoms with Crippen molar-refractivity contribution < 1.29 is 47.4 Å². The van der Waals surface area contributed by atoms with Gasteiger partial charge in [-0.2, -0.15) is 0 Å². The van der Waals surface area contributed by atoms with E-state index in [1.165, 1.54) is 31.8 Å². The fraction of sp³-hybridized carbons (Fsp3) is 0.400. The monoisotopic (exact) mass is 510 g/mol. The Labute approximate surface area is 202 Å². The molecule has 0 spiro atoms. The van der Waals surface area contributed by atoms with Gasteiger partial charge in [0.1, 0.15) is 25.1 Å². The second-order valence-corrected chi connectivity index (χ2v) is 8.13. The lowest BCUT2D eigenvalue weighted by Gasteiger charge is -2.51. The van der Waals surface area contributed by atoms with Gasteiger partial charge in [0.15, 0.2) is 11.8 Å². The molecule has 3 N–H and O–H groups in total. The topological polar surface area (TPSA) is 189 Å². The van der Waals surface area contributed by atoms with E-state index in [9.17, 15) is 24.0 Å². The molecule has 2 aliphatic rings. The zero-order valence-corrected chi connectivity index (χ0v) is 19.6. The SMILES string of the molecule is CO/N=C(/C(=O)N[C@@H]1C(=O)N2[C@H](C(=O)O[C@H](C)OC(C)=O)C(COC(N)=O)=CS[C@H]12)c1ccco1. The van der Waals surface area contributed by atoms with Gasteiger partial charge in [-0.05, 0) is 17.5 Å². The number of nitrogens with one attached hydrogen (secondary N) is 1. The Balaban J connectivity index is 1.79. The minimum absolute atomic E-state index is 0.121. The van der Waals surface area contributed by atoms with Crippen LogP contribution in [0.1, 0.15) is 19.6 Å². The molecule has 0 radical (unpaired) electrons. The summed E-state index contributed by atoms with van der Waals surface area (Å²) in [7, 11) is 1.25. The van der Waals surface area contributed by atoms with E-state index < -0.39 is 53.6 Å². The molecule has 35 heavy (non-hydrogen) atoms. The summed E-state index contributed by atoms with van der Waals surface area (Å²) < 4.78 is 19.9. The molecule has 3 amide bonds. The Hall–Kier alpha value is -4.01. The molecule has 2 aliphatic heterocycles. The van der Waals surface area contributed by atoms with E-state index in [0.717, 1.165) is 23.6 Å². The Morgan fingerprint density at radius 3 is 2.66 bits per heavy atom. The van der Waals surface area contributed by atoms with Gasteiger partial charge < -0.3 is 39.4 Å². The van der Waals surface area contributed by atoms with Gasteiger partial charge in [0.2, 0.25) is 17.9 Å². The lowest BCUT2D eigenvalue weighted by molar-refractivity contribution is -0.189. The number of furan rings is 1. The molecule has 0 unspecified atom stereocenters. The molecule has 1 aromatic heterocycles. The minimum Gasteiger partial charge on any atom is -0.462 e. The van der Waals surface area contributed by atoms with Crippen molar-refractivity contribution >= 4 is 47.3 Å². The first-order valence-electron chi connectivity index (χ1n) is 10.1. The van der Waals surface area contributed by atoms with E-state index in [2.05, 4.69) is 10.5 Å². The fourth-order valence-corrected chi connectivity index (χ4v) is 4.58. The molecule has 4 atom stereocenters. The van der Waals surface area contributed by atoms with Crippen LogP contribution in [0.15, 0.2) is 38.9 Å². The number of amides is 3. The predicted octanol–water partition coefficient (Wildman–Crippen LogP) is -0.170. The standard InChI is InChI=1S/C20H22N4O10S/c1-9(25)33-10(2)34-19(28)15-11(7-32-20(21)29)8-35-18-14(17(27)24(15)18)22-16(26)13(23-30-3)12-5-4-6-31-12/h4-6,8,10,14-15,18H,7H2,1-3H3,(H2,21,29)(H,22,26)/b23-13+/t10-,14-,15+,18-/m1/s1. The van der Waals surface area contributed by atoms with Crippen LogP contribution in [0.3, 0.4) is 0 Å². The second kappa shape index (κ2) is 10.9. The van der Waals surface area contributed by atoms with Crippen molar-refractivity contribution in [1.29, 1.82) is 0 Å². The average molecular weight is 510 g/mol. The quantitative estimate of drug-likeness (QED) is 0.147. The van der Waals surface area contributed by atoms with E-state index in [1.807, 2.05) is 0 Å². The van der Waals surface area contributed by atoms with Crippen LogP contribution in [-0.2, 0) is 38.2 Å². The predicted molar refractivity (Wildman–Crippen MR) is 117 cm³/mol. The van der Waals surface area contributed by atoms with Crippen LogP contribution >= 0.6 is 11.8 Å². The zero-order chi connectivity index (χ0) is 25.7. The Kier molecular flexibility index (Phi) is 8.01. The van der Waals surface area contributed by atoms with Gasteiger partial charge in [0, 0.05) is 19.4 Å². The first-order valence-corrected chi connectivity index (χ1v) is 11.0. The summed E-state index contributed by atoms with van der Waals surface area (Å²) >= 11 is 1.11. The Bertz CT molecular complexity index is 1070. The maximum absolute atomic E-state index is 13.0. The van der Waals surface area contributed by atoms with Crippen molar-refractivity contribution in [2.45, 2.75) is 37.6 Å². The molecule has 1 fully saturated rings. The van der Waals surface area contributed by atoms with Gasteiger partial charge in [0.25, 0.3) is 5.91 Å². The van der Waals surface area contributed by atoms with Gasteiger partial charge in [0.05, 0.1) is 6.26 Å². The number of rotatable bonds is 9. The molecule has 1 aromatic rings. The maximum Gasteiger partial charge on any atom is 0.404 e. The molecule has 0 saturated carbocycles. The first kappa shape index (κ1) is 25.6. The summed E-state index contributed by atoms with van der Waals surface area (Å²) in [4.78, 5) is 66.7. The molecular weight excluding hydrogens is 488 g/mol. The van der Waals surface area contributed by atoms with Crippen molar-refractivity contribution in [2.75, 3.05) is 13.7 Å². The van der Waals surface area contributed by atoms with E-state index in [4.69, 9.17) is 29.2 Å². The average Bonchev–Trinajstić information content (AvgIpc) is 3.32. The summed E-state index contributed by atoms with van der Waals surface area (Å²) in [5.41, 5.74) is 5.03. The Morgan fingerprint density at radius 2 is 2.06 bits per heavy atom. The zero-order valence-electron chi connectivity index (χ0n) is 18.8. The number of primary amides is 1. The first-order chi connectivity index (χ1) is 16.6. The number of carbonyl (C=O) groups excluding carboxylic acids is 5. The van der Waals surface area contributed by atoms with E-state index in [1.54, 1.807) is 6.07 Å². The third-order valence-electron chi connectivity index (χ3n) is 4.73. The van der Waals surface area contributed by atoms with Crippen LogP contribution in [-0.4, -0.2) is 77.9 Å². The highest BCUT2D eigenvalue weighted by molar-refractivity contribution is 8.03. The molecule has 15 heteroatoms. The van der Waals surface area contributed by atoms with Crippen LogP contribution in [0, 0.1) is 0 Å². The lowest BCUT2D eigenvalue weighted by atomic mass is 9.98. The number of nitrogens with zero attached hydrogens (tertiary/aromatic N) is 2. The molecule has 0 bridgehead atoms. The highest BCUT2D eigenvalue weighted by atomic mass is 32.2. The van der Waals surface area contributed by atoms with E-state index in [-0.39, 0.29) is 23.7 Å². The highest BCUT2D eigenvalue weighted by Gasteiger charge is 2.56. The molecule has 3 rings (SSSR count). The third kappa shape index (κ3) is 5.74. The number of β-lactam (4-membered cyclic amide) rings is 1. The largest absolute Gasteiger partial charge is 0.462 e. The maximum atomic E-state index is 13.0. The van der Waals surface area contributed by atoms with Gasteiger partial charge >= 0.3 is 18.0 Å². The number of carbonyl (C=O) groups is 5. The van der Waals surface area contributed by atoms with Crippen LogP contribution in [0.25, 0.3) is 0 Å². The molecule has 3 heterocycles. The molecule has 188 valence electrons. The number of esters is 2. The van der Waals surface area contributed by atoms with Gasteiger partial charge in [-0.1, -0.05) is 5.16 Å². The summed E-state index contributed by atoms with van der Waals surface area (Å²) in [6, 6.07) is 0.706. The summed E-state index contributed by atoms with van der Waals surface area (Å²) in [5.74, 6) is -2.84. The number of hydrogen-bond acceptors (Lipinski definition) is 12. The molecule has 0 aromatic carbocycles. The van der Waals surface area contributed by atoms with E-state index in [0.29, 0.717) is 0 Å². The van der Waals surface area contributed by atoms with E-state index >= 15 is 0 Å². The van der Waals surface area contributed by atoms with Crippen LogP contribution < -0.4 is 11.1 Å². The van der Waals surface area contributed by atoms with Crippen molar-refractivity contribution in [3.05, 3.63) is 35.1 Å². The normalized spacial score (nSPS) is 22.1. The molecular formula is C20H22N4O10S. The van der Waals surface area contributed by atoms with Crippen molar-refractivity contribution in [2.24, 2.45) is 10.9 Å². The van der Waals surface area contributed by atoms with Gasteiger partial charge in [-0.15, -0.1) is 11.8 Å². The lowest BCUT2D eigenvalue weighted by Crippen LogP contribution is -2.74. The third-order valence-corrected chi connectivity index (χ3v) is 5.94. The minimum atomic E-state index is -1.31. The van der Waals surface area contributed by atoms with Gasteiger partial charge in [-0.3, -0.25) is 14.4 Å². The second-order valence-electron chi connectivity index (χ2n) is 7.14. The summed E-state index contributed by atoms with van der Waals surface area (Å²) in [6.45, 7) is 2.07. The van der Waals surface area contributed by atoms with Crippen LogP contribution in [0.4, 0.5) is 4.79 Å². The number of oxime groups is 1. The number of hydrogen-bond donors (Lipinski definition) is 2. The van der Waals surface area contributed by atoms with Gasteiger partial charge in [-0.25, -0.2) is 9.59 Å². The number of thioether (sulfide) groups is 1. The molecule has 1 saturated heterocycles. The summed E-state index contributed by atoms with van der Waals surface area (Å²) in [5, 5.41) is 7.01. The Morgan fingerprint density at radius 1 is 1.31 bits per heavy atom. The number of fused-ring (bicyclic) bond motifs is 1. The summed E-state index contributed by atoms with van der Waals surface area (Å²) in [6.07, 6.45) is -0.977. The van der Waals surface area contributed by atoms with Crippen molar-refractivity contribution in [1.82, 2.24) is 10.2 Å². The van der Waals surface area contributed by atoms with Crippen molar-refractivity contribution in [3.8, 4) is 0 Å². The number of ether oxygens (including phenoxy) is 3. The molecule has 14 nitrogen and oxygen atoms in total. The smallest absolute Gasteiger partial charge is 0.404 e. The highest BCUT2D eigenvalue weighted by Crippen LogP contribution is 2.40.